The lowest BCUT2D eigenvalue weighted by Gasteiger charge is -2.29. The third kappa shape index (κ3) is 5.89. The molecule has 2 nitrogen and oxygen atoms in total. The van der Waals surface area contributed by atoms with Gasteiger partial charge in [-0.15, -0.1) is 0 Å². The van der Waals surface area contributed by atoms with E-state index >= 15 is 0 Å². The summed E-state index contributed by atoms with van der Waals surface area (Å²) >= 11 is 0. The van der Waals surface area contributed by atoms with Gasteiger partial charge in [0.2, 0.25) is 0 Å². The van der Waals surface area contributed by atoms with Crippen LogP contribution < -0.4 is 5.32 Å². The highest BCUT2D eigenvalue weighted by Gasteiger charge is 2.25. The van der Waals surface area contributed by atoms with Crippen LogP contribution in [0.5, 0.6) is 0 Å². The van der Waals surface area contributed by atoms with Crippen molar-refractivity contribution < 1.29 is 0 Å². The third-order valence-electron chi connectivity index (χ3n) is 4.77. The Balaban J connectivity index is 2.23. The number of nitrogens with zero attached hydrogens (tertiary/aromatic N) is 1. The fraction of sp³-hybridized carbons (Fsp3) is 0.280. The van der Waals surface area contributed by atoms with Gasteiger partial charge in [0.1, 0.15) is 0 Å². The third-order valence-corrected chi connectivity index (χ3v) is 4.77. The predicted molar refractivity (Wildman–Crippen MR) is 119 cm³/mol. The largest absolute Gasteiger partial charge is 0.383 e. The number of aryl methyl sites for hydroxylation is 1. The first-order valence-corrected chi connectivity index (χ1v) is 9.40. The van der Waals surface area contributed by atoms with E-state index in [9.17, 15) is 0 Å². The average Bonchev–Trinajstić information content (AvgIpc) is 2.64. The normalized spacial score (nSPS) is 11.9. The number of allylic oxidation sites excluding steroid dienone is 4. The molecule has 0 saturated carbocycles. The molecule has 0 unspecified atom stereocenters. The summed E-state index contributed by atoms with van der Waals surface area (Å²) in [5.41, 5.74) is 5.86. The van der Waals surface area contributed by atoms with Crippen LogP contribution in [0, 0.1) is 6.92 Å². The van der Waals surface area contributed by atoms with Crippen molar-refractivity contribution in [1.29, 1.82) is 0 Å². The van der Waals surface area contributed by atoms with Crippen LogP contribution in [0.4, 0.5) is 5.69 Å². The van der Waals surface area contributed by atoms with Gasteiger partial charge in [-0.25, -0.2) is 0 Å². The minimum absolute atomic E-state index is 0.171. The second kappa shape index (κ2) is 9.27. The SMILES string of the molecule is C=C(C=CC=CN(C)C)C(C)(C)c1ccc(C)cc1NCc1ccccc1. The van der Waals surface area contributed by atoms with Crippen molar-refractivity contribution in [2.75, 3.05) is 19.4 Å². The first-order chi connectivity index (χ1) is 12.8. The lowest BCUT2D eigenvalue weighted by molar-refractivity contribution is 0.564. The van der Waals surface area contributed by atoms with Gasteiger partial charge < -0.3 is 10.2 Å². The van der Waals surface area contributed by atoms with Crippen molar-refractivity contribution in [2.45, 2.75) is 32.7 Å². The van der Waals surface area contributed by atoms with E-state index in [1.807, 2.05) is 37.3 Å². The van der Waals surface area contributed by atoms with Crippen LogP contribution >= 0.6 is 0 Å². The Kier molecular flexibility index (Phi) is 7.06. The summed E-state index contributed by atoms with van der Waals surface area (Å²) in [7, 11) is 4.03. The predicted octanol–water partition coefficient (Wildman–Crippen LogP) is 6.07. The van der Waals surface area contributed by atoms with Crippen LogP contribution in [0.15, 0.2) is 85.1 Å². The van der Waals surface area contributed by atoms with E-state index < -0.39 is 0 Å². The van der Waals surface area contributed by atoms with Crippen molar-refractivity contribution >= 4 is 5.69 Å². The number of nitrogens with one attached hydrogen (secondary N) is 1. The topological polar surface area (TPSA) is 15.3 Å². The fourth-order valence-corrected chi connectivity index (χ4v) is 2.92. The molecule has 0 heterocycles. The molecule has 0 amide bonds. The fourth-order valence-electron chi connectivity index (χ4n) is 2.92. The van der Waals surface area contributed by atoms with Gasteiger partial charge in [0.25, 0.3) is 0 Å². The molecule has 142 valence electrons. The van der Waals surface area contributed by atoms with Crippen molar-refractivity contribution in [1.82, 2.24) is 4.90 Å². The molecular weight excluding hydrogens is 328 g/mol. The standard InChI is InChI=1S/C25H32N2/c1-20-15-16-23(24(18-20)26-19-22-13-8-7-9-14-22)25(3,4)21(2)12-10-11-17-27(5)6/h7-18,26H,2,19H2,1,3-6H3. The Morgan fingerprint density at radius 2 is 1.78 bits per heavy atom. The molecule has 0 aliphatic carbocycles. The molecule has 27 heavy (non-hydrogen) atoms. The Hall–Kier alpha value is -2.74. The molecule has 0 aliphatic rings. The van der Waals surface area contributed by atoms with Gasteiger partial charge in [0.05, 0.1) is 0 Å². The summed E-state index contributed by atoms with van der Waals surface area (Å²) in [5.74, 6) is 0. The zero-order chi connectivity index (χ0) is 19.9. The van der Waals surface area contributed by atoms with Crippen LogP contribution in [0.2, 0.25) is 0 Å². The highest BCUT2D eigenvalue weighted by atomic mass is 15.0. The van der Waals surface area contributed by atoms with E-state index in [2.05, 4.69) is 87.3 Å². The van der Waals surface area contributed by atoms with Crippen LogP contribution in [0.25, 0.3) is 0 Å². The monoisotopic (exact) mass is 360 g/mol. The van der Waals surface area contributed by atoms with Crippen LogP contribution in [-0.4, -0.2) is 19.0 Å². The number of hydrogen-bond donors (Lipinski definition) is 1. The molecule has 0 aromatic heterocycles. The van der Waals surface area contributed by atoms with Crippen LogP contribution in [0.1, 0.15) is 30.5 Å². The Bertz CT molecular complexity index is 811. The number of rotatable bonds is 8. The first-order valence-electron chi connectivity index (χ1n) is 9.40. The molecule has 0 bridgehead atoms. The zero-order valence-corrected chi connectivity index (χ0v) is 17.3. The Morgan fingerprint density at radius 3 is 2.44 bits per heavy atom. The van der Waals surface area contributed by atoms with E-state index in [1.165, 1.54) is 22.4 Å². The van der Waals surface area contributed by atoms with Gasteiger partial charge in [-0.3, -0.25) is 0 Å². The molecule has 2 aromatic rings. The maximum Gasteiger partial charge on any atom is 0.0400 e. The summed E-state index contributed by atoms with van der Waals surface area (Å²) < 4.78 is 0. The van der Waals surface area contributed by atoms with Gasteiger partial charge in [-0.1, -0.05) is 75.0 Å². The lowest BCUT2D eigenvalue weighted by atomic mass is 9.77. The molecule has 2 aromatic carbocycles. The molecule has 0 fully saturated rings. The van der Waals surface area contributed by atoms with E-state index in [4.69, 9.17) is 0 Å². The summed E-state index contributed by atoms with van der Waals surface area (Å²) in [6.07, 6.45) is 8.21. The Labute approximate surface area is 164 Å². The van der Waals surface area contributed by atoms with Gasteiger partial charge in [0, 0.05) is 31.7 Å². The highest BCUT2D eigenvalue weighted by molar-refractivity contribution is 5.59. The van der Waals surface area contributed by atoms with Crippen molar-refractivity contribution in [2.24, 2.45) is 0 Å². The molecule has 0 spiro atoms. The first kappa shape index (κ1) is 20.6. The molecule has 1 N–H and O–H groups in total. The number of hydrogen-bond acceptors (Lipinski definition) is 2. The lowest BCUT2D eigenvalue weighted by Crippen LogP contribution is -2.21. The quantitative estimate of drug-likeness (QED) is 0.575. The van der Waals surface area contributed by atoms with Gasteiger partial charge >= 0.3 is 0 Å². The molecule has 0 aliphatic heterocycles. The van der Waals surface area contributed by atoms with Gasteiger partial charge in [0.15, 0.2) is 0 Å². The number of anilines is 1. The minimum Gasteiger partial charge on any atom is -0.383 e. The van der Waals surface area contributed by atoms with E-state index in [-0.39, 0.29) is 5.41 Å². The summed E-state index contributed by atoms with van der Waals surface area (Å²) in [6.45, 7) is 11.7. The van der Waals surface area contributed by atoms with Crippen LogP contribution in [-0.2, 0) is 12.0 Å². The van der Waals surface area contributed by atoms with Crippen molar-refractivity contribution in [3.8, 4) is 0 Å². The number of benzene rings is 2. The summed E-state index contributed by atoms with van der Waals surface area (Å²) in [4.78, 5) is 2.02. The minimum atomic E-state index is -0.171. The molecule has 2 rings (SSSR count). The smallest absolute Gasteiger partial charge is 0.0400 e. The molecule has 0 atom stereocenters. The van der Waals surface area contributed by atoms with E-state index in [1.54, 1.807) is 0 Å². The zero-order valence-electron chi connectivity index (χ0n) is 17.3. The maximum absolute atomic E-state index is 4.34. The highest BCUT2D eigenvalue weighted by Crippen LogP contribution is 2.36. The molecular formula is C25H32N2. The van der Waals surface area contributed by atoms with E-state index in [0.717, 1.165) is 12.1 Å². The molecule has 0 radical (unpaired) electrons. The van der Waals surface area contributed by atoms with Crippen molar-refractivity contribution in [3.63, 3.8) is 0 Å². The van der Waals surface area contributed by atoms with Gasteiger partial charge in [-0.05, 0) is 47.5 Å². The van der Waals surface area contributed by atoms with Crippen LogP contribution in [0.3, 0.4) is 0 Å². The maximum atomic E-state index is 4.34. The summed E-state index contributed by atoms with van der Waals surface area (Å²) in [6, 6.07) is 17.1. The molecule has 2 heteroatoms. The van der Waals surface area contributed by atoms with E-state index in [0.29, 0.717) is 0 Å². The second-order valence-electron chi connectivity index (χ2n) is 7.70. The average molecular weight is 361 g/mol. The summed E-state index contributed by atoms with van der Waals surface area (Å²) in [5, 5.41) is 3.63. The Morgan fingerprint density at radius 1 is 1.07 bits per heavy atom. The molecule has 0 saturated heterocycles. The second-order valence-corrected chi connectivity index (χ2v) is 7.70. The van der Waals surface area contributed by atoms with Crippen molar-refractivity contribution in [3.05, 3.63) is 102 Å². The van der Waals surface area contributed by atoms with Gasteiger partial charge in [-0.2, -0.15) is 0 Å².